The summed E-state index contributed by atoms with van der Waals surface area (Å²) in [6.45, 7) is 3.41. The zero-order valence-electron chi connectivity index (χ0n) is 15.0. The van der Waals surface area contributed by atoms with Crippen LogP contribution in [0.4, 0.5) is 5.69 Å². The van der Waals surface area contributed by atoms with Crippen LogP contribution < -0.4 is 5.32 Å². The number of benzene rings is 3. The van der Waals surface area contributed by atoms with E-state index in [-0.39, 0.29) is 17.2 Å². The number of carbonyl (C=O) groups is 2. The highest BCUT2D eigenvalue weighted by molar-refractivity contribution is 6.06. The van der Waals surface area contributed by atoms with Gasteiger partial charge in [-0.05, 0) is 66.4 Å². The number of phenols is 1. The van der Waals surface area contributed by atoms with Crippen LogP contribution in [-0.4, -0.2) is 22.1 Å². The van der Waals surface area contributed by atoms with Gasteiger partial charge in [0.15, 0.2) is 0 Å². The van der Waals surface area contributed by atoms with Crippen molar-refractivity contribution in [3.05, 3.63) is 82.9 Å². The Labute approximate surface area is 156 Å². The largest absolute Gasteiger partial charge is 0.508 e. The highest BCUT2D eigenvalue weighted by atomic mass is 16.4. The molecule has 0 aromatic heterocycles. The van der Waals surface area contributed by atoms with Crippen LogP contribution >= 0.6 is 0 Å². The highest BCUT2D eigenvalue weighted by Gasteiger charge is 2.16. The predicted octanol–water partition coefficient (Wildman–Crippen LogP) is 4.63. The van der Waals surface area contributed by atoms with Gasteiger partial charge in [0.2, 0.25) is 0 Å². The maximum Gasteiger partial charge on any atom is 0.336 e. The summed E-state index contributed by atoms with van der Waals surface area (Å²) >= 11 is 0. The molecule has 3 aromatic rings. The van der Waals surface area contributed by atoms with Crippen LogP contribution in [0, 0.1) is 13.8 Å². The number of aromatic hydroxyl groups is 1. The van der Waals surface area contributed by atoms with Crippen molar-refractivity contribution in [3.63, 3.8) is 0 Å². The number of carboxylic acid groups (broad SMARTS) is 1. The van der Waals surface area contributed by atoms with Crippen molar-refractivity contribution in [1.29, 1.82) is 0 Å². The molecule has 0 atom stereocenters. The van der Waals surface area contributed by atoms with E-state index >= 15 is 0 Å². The van der Waals surface area contributed by atoms with Gasteiger partial charge in [0.1, 0.15) is 5.75 Å². The van der Waals surface area contributed by atoms with Gasteiger partial charge in [0, 0.05) is 11.3 Å². The molecule has 0 aliphatic rings. The molecule has 0 radical (unpaired) electrons. The van der Waals surface area contributed by atoms with Crippen LogP contribution in [-0.2, 0) is 0 Å². The topological polar surface area (TPSA) is 86.6 Å². The summed E-state index contributed by atoms with van der Waals surface area (Å²) in [6.07, 6.45) is 0. The Morgan fingerprint density at radius 1 is 0.815 bits per heavy atom. The molecule has 0 bridgehead atoms. The summed E-state index contributed by atoms with van der Waals surface area (Å²) in [7, 11) is 0. The molecule has 27 heavy (non-hydrogen) atoms. The molecular formula is C22H19NO4. The van der Waals surface area contributed by atoms with Gasteiger partial charge in [-0.1, -0.05) is 30.3 Å². The minimum atomic E-state index is -1.01. The number of amides is 1. The van der Waals surface area contributed by atoms with Crippen LogP contribution in [0.2, 0.25) is 0 Å². The van der Waals surface area contributed by atoms with Gasteiger partial charge < -0.3 is 15.5 Å². The third kappa shape index (κ3) is 3.82. The van der Waals surface area contributed by atoms with E-state index in [9.17, 15) is 19.8 Å². The van der Waals surface area contributed by atoms with Gasteiger partial charge in [-0.15, -0.1) is 0 Å². The lowest BCUT2D eigenvalue weighted by Crippen LogP contribution is -2.14. The lowest BCUT2D eigenvalue weighted by atomic mass is 10.0. The van der Waals surface area contributed by atoms with Gasteiger partial charge in [0.05, 0.1) is 5.56 Å². The number of carbonyl (C=O) groups excluding carboxylic acids is 1. The Bertz CT molecular complexity index is 1010. The smallest absolute Gasteiger partial charge is 0.336 e. The first-order chi connectivity index (χ1) is 12.9. The van der Waals surface area contributed by atoms with Crippen molar-refractivity contribution in [1.82, 2.24) is 0 Å². The lowest BCUT2D eigenvalue weighted by molar-refractivity contribution is 0.0695. The van der Waals surface area contributed by atoms with E-state index in [1.807, 2.05) is 12.1 Å². The summed E-state index contributed by atoms with van der Waals surface area (Å²) in [5, 5.41) is 21.5. The van der Waals surface area contributed by atoms with Crippen molar-refractivity contribution >= 4 is 17.6 Å². The lowest BCUT2D eigenvalue weighted by Gasteiger charge is -2.13. The second-order valence-electron chi connectivity index (χ2n) is 6.31. The molecule has 0 aliphatic heterocycles. The molecule has 3 N–H and O–H groups in total. The van der Waals surface area contributed by atoms with Crippen molar-refractivity contribution in [2.45, 2.75) is 13.8 Å². The van der Waals surface area contributed by atoms with Crippen LogP contribution in [0.25, 0.3) is 11.1 Å². The summed E-state index contributed by atoms with van der Waals surface area (Å²) in [6, 6.07) is 17.3. The number of anilines is 1. The zero-order chi connectivity index (χ0) is 19.6. The Morgan fingerprint density at radius 2 is 1.37 bits per heavy atom. The standard InChI is InChI=1S/C22H19NO4/c1-13-3-12-19(14(2)20(13)22(26)27)23-21(25)17-6-4-15(5-7-17)16-8-10-18(24)11-9-16/h3-12,24H,1-2H3,(H,23,25)(H,26,27). The average molecular weight is 361 g/mol. The highest BCUT2D eigenvalue weighted by Crippen LogP contribution is 2.25. The van der Waals surface area contributed by atoms with E-state index in [2.05, 4.69) is 5.32 Å². The van der Waals surface area contributed by atoms with Gasteiger partial charge in [-0.25, -0.2) is 4.79 Å². The fourth-order valence-electron chi connectivity index (χ4n) is 2.97. The number of aromatic carboxylic acids is 1. The normalized spacial score (nSPS) is 10.4. The molecule has 136 valence electrons. The Morgan fingerprint density at radius 3 is 1.93 bits per heavy atom. The maximum atomic E-state index is 12.5. The summed E-state index contributed by atoms with van der Waals surface area (Å²) in [4.78, 5) is 23.9. The Balaban J connectivity index is 1.82. The first kappa shape index (κ1) is 18.2. The van der Waals surface area contributed by atoms with E-state index in [1.54, 1.807) is 62.4 Å². The Kier molecular flexibility index (Phi) is 4.94. The first-order valence-corrected chi connectivity index (χ1v) is 8.41. The molecule has 3 aromatic carbocycles. The Hall–Kier alpha value is -3.60. The first-order valence-electron chi connectivity index (χ1n) is 8.41. The molecule has 0 unspecified atom stereocenters. The van der Waals surface area contributed by atoms with E-state index in [4.69, 9.17) is 0 Å². The van der Waals surface area contributed by atoms with Crippen LogP contribution in [0.15, 0.2) is 60.7 Å². The van der Waals surface area contributed by atoms with Crippen LogP contribution in [0.3, 0.4) is 0 Å². The fraction of sp³-hybridized carbons (Fsp3) is 0.0909. The minimum absolute atomic E-state index is 0.198. The van der Waals surface area contributed by atoms with Crippen molar-refractivity contribution in [2.75, 3.05) is 5.32 Å². The van der Waals surface area contributed by atoms with Gasteiger partial charge in [0.25, 0.3) is 5.91 Å². The molecule has 5 heteroatoms. The maximum absolute atomic E-state index is 12.5. The number of hydrogen-bond acceptors (Lipinski definition) is 3. The molecule has 5 nitrogen and oxygen atoms in total. The second kappa shape index (κ2) is 7.33. The molecule has 0 fully saturated rings. The number of hydrogen-bond donors (Lipinski definition) is 3. The zero-order valence-corrected chi connectivity index (χ0v) is 15.0. The third-order valence-electron chi connectivity index (χ3n) is 4.48. The monoisotopic (exact) mass is 361 g/mol. The average Bonchev–Trinajstić information content (AvgIpc) is 2.64. The summed E-state index contributed by atoms with van der Waals surface area (Å²) in [5.41, 5.74) is 4.18. The number of rotatable bonds is 4. The van der Waals surface area contributed by atoms with Crippen molar-refractivity contribution in [3.8, 4) is 16.9 Å². The molecule has 1 amide bonds. The number of aryl methyl sites for hydroxylation is 1. The number of phenolic OH excluding ortho intramolecular Hbond substituents is 1. The van der Waals surface area contributed by atoms with Crippen LogP contribution in [0.1, 0.15) is 31.8 Å². The number of nitrogens with one attached hydrogen (secondary N) is 1. The van der Waals surface area contributed by atoms with Crippen LogP contribution in [0.5, 0.6) is 5.75 Å². The number of carboxylic acids is 1. The third-order valence-corrected chi connectivity index (χ3v) is 4.48. The fourth-order valence-corrected chi connectivity index (χ4v) is 2.97. The second-order valence-corrected chi connectivity index (χ2v) is 6.31. The van der Waals surface area contributed by atoms with E-state index < -0.39 is 5.97 Å². The molecule has 0 saturated heterocycles. The quantitative estimate of drug-likeness (QED) is 0.632. The molecule has 0 heterocycles. The summed E-state index contributed by atoms with van der Waals surface area (Å²) < 4.78 is 0. The van der Waals surface area contributed by atoms with Crippen molar-refractivity contribution in [2.24, 2.45) is 0 Å². The molecule has 3 rings (SSSR count). The predicted molar refractivity (Wildman–Crippen MR) is 104 cm³/mol. The minimum Gasteiger partial charge on any atom is -0.508 e. The molecule has 0 saturated carbocycles. The van der Waals surface area contributed by atoms with E-state index in [0.29, 0.717) is 22.4 Å². The molecule has 0 aliphatic carbocycles. The van der Waals surface area contributed by atoms with Crippen molar-refractivity contribution < 1.29 is 19.8 Å². The van der Waals surface area contributed by atoms with Gasteiger partial charge >= 0.3 is 5.97 Å². The van der Waals surface area contributed by atoms with Gasteiger partial charge in [-0.3, -0.25) is 4.79 Å². The van der Waals surface area contributed by atoms with Gasteiger partial charge in [-0.2, -0.15) is 0 Å². The summed E-state index contributed by atoms with van der Waals surface area (Å²) in [5.74, 6) is -1.13. The van der Waals surface area contributed by atoms with E-state index in [1.165, 1.54) is 0 Å². The molecule has 0 spiro atoms. The molecular weight excluding hydrogens is 342 g/mol. The SMILES string of the molecule is Cc1ccc(NC(=O)c2ccc(-c3ccc(O)cc3)cc2)c(C)c1C(=O)O. The van der Waals surface area contributed by atoms with E-state index in [0.717, 1.165) is 11.1 Å².